The number of carbonyl (C=O) groups excluding carboxylic acids is 1. The second-order valence-electron chi connectivity index (χ2n) is 5.64. The molecule has 18 heavy (non-hydrogen) atoms. The molecular formula is C13H23N3O2. The highest BCUT2D eigenvalue weighted by molar-refractivity contribution is 5.76. The summed E-state index contributed by atoms with van der Waals surface area (Å²) in [6.45, 7) is 11.2. The van der Waals surface area contributed by atoms with Crippen molar-refractivity contribution in [2.75, 3.05) is 0 Å². The van der Waals surface area contributed by atoms with Crippen LogP contribution in [0.3, 0.4) is 0 Å². The molecule has 0 aliphatic rings. The second-order valence-corrected chi connectivity index (χ2v) is 5.64. The number of rotatable bonds is 3. The number of aromatic nitrogens is 2. The smallest absolute Gasteiger partial charge is 0.325 e. The normalized spacial score (nSPS) is 15.3. The van der Waals surface area contributed by atoms with Crippen molar-refractivity contribution in [3.63, 3.8) is 0 Å². The molecule has 0 saturated carbocycles. The fourth-order valence-electron chi connectivity index (χ4n) is 1.79. The van der Waals surface area contributed by atoms with Crippen LogP contribution in [0, 0.1) is 13.8 Å². The Morgan fingerprint density at radius 3 is 2.39 bits per heavy atom. The van der Waals surface area contributed by atoms with Crippen molar-refractivity contribution in [1.29, 1.82) is 0 Å². The van der Waals surface area contributed by atoms with Crippen LogP contribution in [0.1, 0.15) is 45.3 Å². The topological polar surface area (TPSA) is 70.1 Å². The summed E-state index contributed by atoms with van der Waals surface area (Å²) in [4.78, 5) is 16.2. The summed E-state index contributed by atoms with van der Waals surface area (Å²) in [5.41, 5.74) is 6.35. The lowest BCUT2D eigenvalue weighted by Gasteiger charge is -2.26. The third kappa shape index (κ3) is 3.57. The van der Waals surface area contributed by atoms with Gasteiger partial charge in [-0.05, 0) is 41.5 Å². The van der Waals surface area contributed by atoms with Gasteiger partial charge in [0.2, 0.25) is 0 Å². The number of carbonyl (C=O) groups is 1. The number of aryl methyl sites for hydroxylation is 2. The highest BCUT2D eigenvalue weighted by Crippen LogP contribution is 2.17. The quantitative estimate of drug-likeness (QED) is 0.833. The second kappa shape index (κ2) is 5.10. The molecule has 0 spiro atoms. The Bertz CT molecular complexity index is 432. The zero-order valence-corrected chi connectivity index (χ0v) is 12.0. The van der Waals surface area contributed by atoms with Crippen molar-refractivity contribution in [2.45, 2.75) is 59.2 Å². The molecule has 0 amide bonds. The molecule has 0 aliphatic heterocycles. The largest absolute Gasteiger partial charge is 0.459 e. The predicted octanol–water partition coefficient (Wildman–Crippen LogP) is 1.73. The number of imidazole rings is 1. The molecular weight excluding hydrogens is 230 g/mol. The van der Waals surface area contributed by atoms with E-state index in [4.69, 9.17) is 10.5 Å². The minimum Gasteiger partial charge on any atom is -0.459 e. The Balaban J connectivity index is 2.81. The van der Waals surface area contributed by atoms with E-state index in [0.29, 0.717) is 0 Å². The van der Waals surface area contributed by atoms with Gasteiger partial charge in [0.15, 0.2) is 0 Å². The van der Waals surface area contributed by atoms with Crippen LogP contribution in [-0.4, -0.2) is 27.2 Å². The molecule has 5 nitrogen and oxygen atoms in total. The summed E-state index contributed by atoms with van der Waals surface area (Å²) in [5.74, 6) is 0.458. The van der Waals surface area contributed by atoms with Crippen molar-refractivity contribution in [2.24, 2.45) is 5.73 Å². The fourth-order valence-corrected chi connectivity index (χ4v) is 1.79. The first-order valence-electron chi connectivity index (χ1n) is 6.12. The van der Waals surface area contributed by atoms with E-state index in [2.05, 4.69) is 4.98 Å². The van der Waals surface area contributed by atoms with E-state index in [9.17, 15) is 4.79 Å². The molecule has 0 saturated heterocycles. The van der Waals surface area contributed by atoms with Crippen molar-refractivity contribution < 1.29 is 9.53 Å². The minimum atomic E-state index is -0.698. The molecule has 2 atom stereocenters. The number of nitrogens with zero attached hydrogens (tertiary/aromatic N) is 2. The van der Waals surface area contributed by atoms with Crippen molar-refractivity contribution >= 4 is 5.97 Å². The molecule has 0 aromatic carbocycles. The molecule has 102 valence electrons. The van der Waals surface area contributed by atoms with E-state index in [1.54, 1.807) is 0 Å². The van der Waals surface area contributed by atoms with E-state index in [-0.39, 0.29) is 12.0 Å². The van der Waals surface area contributed by atoms with Crippen LogP contribution in [0.2, 0.25) is 0 Å². The van der Waals surface area contributed by atoms with Crippen LogP contribution < -0.4 is 5.73 Å². The monoisotopic (exact) mass is 253 g/mol. The average molecular weight is 253 g/mol. The first kappa shape index (κ1) is 14.7. The van der Waals surface area contributed by atoms with Gasteiger partial charge in [-0.2, -0.15) is 0 Å². The van der Waals surface area contributed by atoms with Gasteiger partial charge in [-0.15, -0.1) is 0 Å². The van der Waals surface area contributed by atoms with Crippen LogP contribution in [0.25, 0.3) is 0 Å². The van der Waals surface area contributed by atoms with Gasteiger partial charge in [0.1, 0.15) is 17.5 Å². The van der Waals surface area contributed by atoms with Crippen LogP contribution >= 0.6 is 0 Å². The lowest BCUT2D eigenvalue weighted by atomic mass is 10.1. The summed E-state index contributed by atoms with van der Waals surface area (Å²) in [5, 5.41) is 0. The molecule has 0 bridgehead atoms. The number of hydrogen-bond donors (Lipinski definition) is 1. The number of nitrogens with two attached hydrogens (primary N) is 1. The highest BCUT2D eigenvalue weighted by atomic mass is 16.6. The molecule has 2 N–H and O–H groups in total. The molecule has 0 aliphatic carbocycles. The summed E-state index contributed by atoms with van der Waals surface area (Å²) >= 11 is 0. The lowest BCUT2D eigenvalue weighted by molar-refractivity contribution is -0.157. The Hall–Kier alpha value is -1.36. The Morgan fingerprint density at radius 1 is 1.44 bits per heavy atom. The summed E-state index contributed by atoms with van der Waals surface area (Å²) < 4.78 is 7.20. The molecule has 0 fully saturated rings. The zero-order valence-electron chi connectivity index (χ0n) is 12.0. The number of ether oxygens (including phenoxy) is 1. The maximum atomic E-state index is 11.9. The van der Waals surface area contributed by atoms with Gasteiger partial charge in [0.25, 0.3) is 0 Å². The molecule has 5 heteroatoms. The van der Waals surface area contributed by atoms with Crippen molar-refractivity contribution in [3.8, 4) is 0 Å². The Morgan fingerprint density at radius 2 is 2.00 bits per heavy atom. The van der Waals surface area contributed by atoms with E-state index >= 15 is 0 Å². The van der Waals surface area contributed by atoms with Gasteiger partial charge < -0.3 is 15.0 Å². The zero-order chi connectivity index (χ0) is 14.1. The van der Waals surface area contributed by atoms with Crippen LogP contribution in [0.4, 0.5) is 0 Å². The van der Waals surface area contributed by atoms with Crippen LogP contribution in [0.15, 0.2) is 6.20 Å². The van der Waals surface area contributed by atoms with Gasteiger partial charge in [-0.25, -0.2) is 4.98 Å². The highest BCUT2D eigenvalue weighted by Gasteiger charge is 2.28. The Kier molecular flexibility index (Phi) is 4.16. The summed E-state index contributed by atoms with van der Waals surface area (Å²) in [7, 11) is 0. The van der Waals surface area contributed by atoms with E-state index in [0.717, 1.165) is 11.5 Å². The standard InChI is InChI=1S/C13H23N3O2/c1-8-7-16(10(3)15-8)9(2)11(14)12(17)18-13(4,5)6/h7,9,11H,14H2,1-6H3. The maximum absolute atomic E-state index is 11.9. The van der Waals surface area contributed by atoms with Gasteiger partial charge >= 0.3 is 5.97 Å². The molecule has 1 aromatic rings. The van der Waals surface area contributed by atoms with Gasteiger partial charge in [0.05, 0.1) is 11.7 Å². The third-order valence-electron chi connectivity index (χ3n) is 2.68. The average Bonchev–Trinajstić information content (AvgIpc) is 2.53. The summed E-state index contributed by atoms with van der Waals surface area (Å²) in [6, 6.07) is -0.877. The van der Waals surface area contributed by atoms with Gasteiger partial charge in [0, 0.05) is 6.20 Å². The predicted molar refractivity (Wildman–Crippen MR) is 70.2 cm³/mol. The minimum absolute atomic E-state index is 0.180. The molecule has 1 aromatic heterocycles. The third-order valence-corrected chi connectivity index (χ3v) is 2.68. The van der Waals surface area contributed by atoms with Crippen molar-refractivity contribution in [3.05, 3.63) is 17.7 Å². The van der Waals surface area contributed by atoms with E-state index in [1.807, 2.05) is 52.3 Å². The maximum Gasteiger partial charge on any atom is 0.325 e. The SMILES string of the molecule is Cc1cn(C(C)C(N)C(=O)OC(C)(C)C)c(C)n1. The van der Waals surface area contributed by atoms with E-state index in [1.165, 1.54) is 0 Å². The first-order chi connectivity index (χ1) is 8.11. The molecule has 1 rings (SSSR count). The number of hydrogen-bond acceptors (Lipinski definition) is 4. The molecule has 1 heterocycles. The summed E-state index contributed by atoms with van der Waals surface area (Å²) in [6.07, 6.45) is 1.89. The van der Waals surface area contributed by atoms with Crippen LogP contribution in [0.5, 0.6) is 0 Å². The van der Waals surface area contributed by atoms with Crippen LogP contribution in [-0.2, 0) is 9.53 Å². The number of esters is 1. The van der Waals surface area contributed by atoms with Crippen molar-refractivity contribution in [1.82, 2.24) is 9.55 Å². The molecule has 2 unspecified atom stereocenters. The van der Waals surface area contributed by atoms with Gasteiger partial charge in [-0.1, -0.05) is 0 Å². The van der Waals surface area contributed by atoms with E-state index < -0.39 is 11.6 Å². The fraction of sp³-hybridized carbons (Fsp3) is 0.692. The van der Waals surface area contributed by atoms with Gasteiger partial charge in [-0.3, -0.25) is 4.79 Å². The molecule has 0 radical (unpaired) electrons. The Labute approximate surface area is 108 Å². The lowest BCUT2D eigenvalue weighted by Crippen LogP contribution is -2.42. The first-order valence-corrected chi connectivity index (χ1v) is 6.12.